The van der Waals surface area contributed by atoms with E-state index < -0.39 is 0 Å². The Hall–Kier alpha value is -3.74. The topological polar surface area (TPSA) is 65.4 Å². The molecule has 4 rings (SSSR count). The van der Waals surface area contributed by atoms with Crippen molar-refractivity contribution in [2.75, 3.05) is 12.4 Å². The van der Waals surface area contributed by atoms with Crippen molar-refractivity contribution in [2.24, 2.45) is 0 Å². The van der Waals surface area contributed by atoms with Gasteiger partial charge >= 0.3 is 0 Å². The van der Waals surface area contributed by atoms with Crippen molar-refractivity contribution in [3.8, 4) is 11.5 Å². The first-order valence-electron chi connectivity index (χ1n) is 11.2. The second-order valence-corrected chi connectivity index (χ2v) is 8.97. The molecule has 184 valence electrons. The molecule has 0 aliphatic carbocycles. The van der Waals surface area contributed by atoms with Gasteiger partial charge in [-0.05, 0) is 60.5 Å². The second-order valence-electron chi connectivity index (χ2n) is 8.13. The standard InChI is InChI=1S/C28H25Cl2N3O3/c1-19-3-9-24(10-4-19)36-18-22-15-20(5-11-26(22)35-2)6-12-28(34)31-27-13-14-33(32-27)17-21-7-8-23(29)16-25(21)30/h3-16H,17-18H2,1-2H3,(H,31,32,34)/b12-6+. The van der Waals surface area contributed by atoms with Crippen molar-refractivity contribution in [3.63, 3.8) is 0 Å². The average molecular weight is 522 g/mol. The zero-order valence-electron chi connectivity index (χ0n) is 19.9. The summed E-state index contributed by atoms with van der Waals surface area (Å²) < 4.78 is 13.1. The number of halogens is 2. The fourth-order valence-electron chi connectivity index (χ4n) is 3.49. The van der Waals surface area contributed by atoms with Crippen LogP contribution in [0.25, 0.3) is 6.08 Å². The minimum Gasteiger partial charge on any atom is -0.496 e. The molecule has 8 heteroatoms. The highest BCUT2D eigenvalue weighted by Gasteiger charge is 2.08. The second kappa shape index (κ2) is 11.8. The van der Waals surface area contributed by atoms with Crippen LogP contribution in [0.15, 0.2) is 79.0 Å². The Morgan fingerprint density at radius 1 is 1.03 bits per heavy atom. The number of hydrogen-bond acceptors (Lipinski definition) is 4. The van der Waals surface area contributed by atoms with Gasteiger partial charge in [-0.2, -0.15) is 5.10 Å². The molecule has 0 bridgehead atoms. The molecule has 0 radical (unpaired) electrons. The van der Waals surface area contributed by atoms with Crippen LogP contribution in [-0.2, 0) is 17.9 Å². The Labute approximate surface area is 220 Å². The number of carbonyl (C=O) groups excluding carboxylic acids is 1. The number of benzene rings is 3. The number of aryl methyl sites for hydroxylation is 1. The highest BCUT2D eigenvalue weighted by molar-refractivity contribution is 6.35. The van der Waals surface area contributed by atoms with E-state index in [-0.39, 0.29) is 5.91 Å². The molecule has 6 nitrogen and oxygen atoms in total. The van der Waals surface area contributed by atoms with E-state index in [9.17, 15) is 4.79 Å². The van der Waals surface area contributed by atoms with Crippen LogP contribution in [0.2, 0.25) is 10.0 Å². The third kappa shape index (κ3) is 6.90. The summed E-state index contributed by atoms with van der Waals surface area (Å²) in [5.41, 5.74) is 3.77. The van der Waals surface area contributed by atoms with Gasteiger partial charge in [0.1, 0.15) is 18.1 Å². The molecule has 0 unspecified atom stereocenters. The maximum absolute atomic E-state index is 12.5. The van der Waals surface area contributed by atoms with E-state index in [0.717, 1.165) is 28.2 Å². The number of nitrogens with one attached hydrogen (secondary N) is 1. The van der Waals surface area contributed by atoms with E-state index in [0.29, 0.717) is 29.0 Å². The molecule has 36 heavy (non-hydrogen) atoms. The van der Waals surface area contributed by atoms with E-state index >= 15 is 0 Å². The molecule has 3 aromatic carbocycles. The molecule has 1 N–H and O–H groups in total. The van der Waals surface area contributed by atoms with E-state index in [4.69, 9.17) is 32.7 Å². The lowest BCUT2D eigenvalue weighted by molar-refractivity contribution is -0.111. The summed E-state index contributed by atoms with van der Waals surface area (Å²) in [7, 11) is 1.62. The highest BCUT2D eigenvalue weighted by Crippen LogP contribution is 2.24. The Kier molecular flexibility index (Phi) is 8.31. The summed E-state index contributed by atoms with van der Waals surface area (Å²) in [6.07, 6.45) is 4.96. The first-order valence-corrected chi connectivity index (χ1v) is 12.0. The zero-order chi connectivity index (χ0) is 25.5. The summed E-state index contributed by atoms with van der Waals surface area (Å²) in [5, 5.41) is 8.29. The van der Waals surface area contributed by atoms with Crippen LogP contribution in [0.3, 0.4) is 0 Å². The summed E-state index contributed by atoms with van der Waals surface area (Å²) in [6.45, 7) is 2.83. The minimum absolute atomic E-state index is 0.293. The van der Waals surface area contributed by atoms with Crippen LogP contribution < -0.4 is 14.8 Å². The first kappa shape index (κ1) is 25.4. The van der Waals surface area contributed by atoms with Crippen LogP contribution in [0.5, 0.6) is 11.5 Å². The monoisotopic (exact) mass is 521 g/mol. The van der Waals surface area contributed by atoms with Gasteiger partial charge in [-0.25, -0.2) is 0 Å². The van der Waals surface area contributed by atoms with Crippen LogP contribution in [0, 0.1) is 6.92 Å². The maximum atomic E-state index is 12.5. The zero-order valence-corrected chi connectivity index (χ0v) is 21.4. The predicted octanol–water partition coefficient (Wildman–Crippen LogP) is 6.79. The van der Waals surface area contributed by atoms with Gasteiger partial charge in [-0.3, -0.25) is 9.48 Å². The van der Waals surface area contributed by atoms with Crippen LogP contribution in [0.1, 0.15) is 22.3 Å². The number of amides is 1. The molecular weight excluding hydrogens is 497 g/mol. The molecule has 1 amide bonds. The quantitative estimate of drug-likeness (QED) is 0.246. The molecule has 1 heterocycles. The number of nitrogens with zero attached hydrogens (tertiary/aromatic N) is 2. The number of ether oxygens (including phenoxy) is 2. The molecule has 0 spiro atoms. The van der Waals surface area contributed by atoms with Crippen molar-refractivity contribution < 1.29 is 14.3 Å². The van der Waals surface area contributed by atoms with Crippen LogP contribution in [0.4, 0.5) is 5.82 Å². The molecule has 0 atom stereocenters. The van der Waals surface area contributed by atoms with Gasteiger partial charge in [0.15, 0.2) is 5.82 Å². The fourth-order valence-corrected chi connectivity index (χ4v) is 3.96. The summed E-state index contributed by atoms with van der Waals surface area (Å²) >= 11 is 12.2. The number of aromatic nitrogens is 2. The van der Waals surface area contributed by atoms with Gasteiger partial charge in [-0.15, -0.1) is 0 Å². The van der Waals surface area contributed by atoms with Crippen molar-refractivity contribution in [2.45, 2.75) is 20.1 Å². The Morgan fingerprint density at radius 3 is 2.58 bits per heavy atom. The van der Waals surface area contributed by atoms with Crippen LogP contribution in [-0.4, -0.2) is 22.8 Å². The smallest absolute Gasteiger partial charge is 0.249 e. The Morgan fingerprint density at radius 2 is 1.83 bits per heavy atom. The van der Waals surface area contributed by atoms with Gasteiger partial charge in [0.05, 0.1) is 13.7 Å². The third-order valence-corrected chi connectivity index (χ3v) is 5.97. The molecular formula is C28H25Cl2N3O3. The average Bonchev–Trinajstić information content (AvgIpc) is 3.30. The van der Waals surface area contributed by atoms with Gasteiger partial charge < -0.3 is 14.8 Å². The number of hydrogen-bond donors (Lipinski definition) is 1. The normalized spacial score (nSPS) is 11.0. The van der Waals surface area contributed by atoms with Crippen molar-refractivity contribution in [1.29, 1.82) is 0 Å². The minimum atomic E-state index is -0.293. The SMILES string of the molecule is COc1ccc(/C=C/C(=O)Nc2ccn(Cc3ccc(Cl)cc3Cl)n2)cc1COc1ccc(C)cc1. The summed E-state index contributed by atoms with van der Waals surface area (Å²) in [6, 6.07) is 20.6. The molecule has 0 aliphatic rings. The Bertz CT molecular complexity index is 1380. The van der Waals surface area contributed by atoms with Gasteiger partial charge in [0.25, 0.3) is 0 Å². The van der Waals surface area contributed by atoms with Crippen molar-refractivity contribution in [1.82, 2.24) is 9.78 Å². The van der Waals surface area contributed by atoms with E-state index in [2.05, 4.69) is 10.4 Å². The van der Waals surface area contributed by atoms with E-state index in [1.54, 1.807) is 42.3 Å². The maximum Gasteiger partial charge on any atom is 0.249 e. The molecule has 0 saturated heterocycles. The molecule has 1 aromatic heterocycles. The lowest BCUT2D eigenvalue weighted by atomic mass is 10.1. The van der Waals surface area contributed by atoms with Gasteiger partial charge in [0, 0.05) is 33.9 Å². The number of methoxy groups -OCH3 is 1. The van der Waals surface area contributed by atoms with Gasteiger partial charge in [0.2, 0.25) is 5.91 Å². The van der Waals surface area contributed by atoms with Crippen molar-refractivity contribution in [3.05, 3.63) is 111 Å². The van der Waals surface area contributed by atoms with Gasteiger partial charge in [-0.1, -0.05) is 53.0 Å². The number of anilines is 1. The largest absolute Gasteiger partial charge is 0.496 e. The molecule has 4 aromatic rings. The summed E-state index contributed by atoms with van der Waals surface area (Å²) in [4.78, 5) is 12.5. The van der Waals surface area contributed by atoms with Crippen LogP contribution >= 0.6 is 23.2 Å². The third-order valence-electron chi connectivity index (χ3n) is 5.39. The fraction of sp³-hybridized carbons (Fsp3) is 0.143. The number of rotatable bonds is 9. The first-order chi connectivity index (χ1) is 17.4. The molecule has 0 aliphatic heterocycles. The molecule has 0 saturated carbocycles. The van der Waals surface area contributed by atoms with E-state index in [1.165, 1.54) is 11.6 Å². The highest BCUT2D eigenvalue weighted by atomic mass is 35.5. The number of carbonyl (C=O) groups is 1. The molecule has 0 fully saturated rings. The Balaban J connectivity index is 1.37. The lowest BCUT2D eigenvalue weighted by Gasteiger charge is -2.11. The van der Waals surface area contributed by atoms with E-state index in [1.807, 2.05) is 55.5 Å². The predicted molar refractivity (Wildman–Crippen MR) is 144 cm³/mol. The lowest BCUT2D eigenvalue weighted by Crippen LogP contribution is -2.09. The van der Waals surface area contributed by atoms with Crippen molar-refractivity contribution >= 4 is 41.0 Å². The summed E-state index contributed by atoms with van der Waals surface area (Å²) in [5.74, 6) is 1.64.